The maximum Gasteiger partial charge on any atom is 0.414 e. The van der Waals surface area contributed by atoms with Gasteiger partial charge in [0, 0.05) is 49.2 Å². The van der Waals surface area contributed by atoms with E-state index < -0.39 is 6.09 Å². The lowest BCUT2D eigenvalue weighted by Gasteiger charge is -2.44. The molecule has 1 fully saturated rings. The number of carbonyl (C=O) groups is 2. The van der Waals surface area contributed by atoms with Gasteiger partial charge < -0.3 is 29.0 Å². The van der Waals surface area contributed by atoms with Crippen LogP contribution in [-0.2, 0) is 9.53 Å². The Hall–Kier alpha value is -4.80. The number of aromatic amines is 1. The Morgan fingerprint density at radius 3 is 2.50 bits per heavy atom. The Morgan fingerprint density at radius 2 is 1.80 bits per heavy atom. The van der Waals surface area contributed by atoms with Gasteiger partial charge in [-0.1, -0.05) is 6.07 Å². The summed E-state index contributed by atoms with van der Waals surface area (Å²) in [5.41, 5.74) is 2.77. The standard InChI is InChI=1S/C29H32N6O5/c1-18-15-34(16-19(2)35(18)20(3)36)27-7-5-6-26(33-27)25-14-31-28-24(25)12-21(13-30-28)32-29(37)40-17-39-23-10-8-22(38-4)9-11-23/h5-14,18-19H,15-17H2,1-4H3,(H,30,31)(H,32,37)/t18-,19+. The van der Waals surface area contributed by atoms with Crippen molar-refractivity contribution in [1.29, 1.82) is 0 Å². The molecule has 1 saturated heterocycles. The Morgan fingerprint density at radius 1 is 1.07 bits per heavy atom. The summed E-state index contributed by atoms with van der Waals surface area (Å²) in [6, 6.07) is 14.8. The van der Waals surface area contributed by atoms with E-state index in [1.165, 1.54) is 0 Å². The van der Waals surface area contributed by atoms with Crippen LogP contribution in [0.3, 0.4) is 0 Å². The molecule has 2 amide bonds. The predicted octanol–water partition coefficient (Wildman–Crippen LogP) is 4.66. The lowest BCUT2D eigenvalue weighted by atomic mass is 10.1. The van der Waals surface area contributed by atoms with Gasteiger partial charge in [-0.3, -0.25) is 10.1 Å². The molecule has 0 radical (unpaired) electrons. The summed E-state index contributed by atoms with van der Waals surface area (Å²) < 4.78 is 15.7. The number of hydrogen-bond donors (Lipinski definition) is 2. The predicted molar refractivity (Wildman–Crippen MR) is 152 cm³/mol. The SMILES string of the molecule is COc1ccc(OCOC(=O)Nc2cnc3[nH]cc(-c4cccc(N5C[C@@H](C)N(C(C)=O)[C@@H](C)C5)n4)c3c2)cc1. The normalized spacial score (nSPS) is 17.0. The number of anilines is 2. The average molecular weight is 545 g/mol. The van der Waals surface area contributed by atoms with E-state index >= 15 is 0 Å². The third-order valence-corrected chi connectivity index (χ3v) is 6.87. The number of pyridine rings is 2. The van der Waals surface area contributed by atoms with E-state index in [1.54, 1.807) is 44.5 Å². The van der Waals surface area contributed by atoms with Crippen LogP contribution in [0.4, 0.5) is 16.3 Å². The smallest absolute Gasteiger partial charge is 0.414 e. The summed E-state index contributed by atoms with van der Waals surface area (Å²) in [7, 11) is 1.58. The Kier molecular flexibility index (Phi) is 7.72. The van der Waals surface area contributed by atoms with Crippen molar-refractivity contribution in [2.24, 2.45) is 0 Å². The van der Waals surface area contributed by atoms with E-state index in [9.17, 15) is 9.59 Å². The molecule has 3 aromatic heterocycles. The van der Waals surface area contributed by atoms with Crippen LogP contribution >= 0.6 is 0 Å². The van der Waals surface area contributed by atoms with Crippen molar-refractivity contribution in [1.82, 2.24) is 19.9 Å². The van der Waals surface area contributed by atoms with Crippen molar-refractivity contribution in [2.75, 3.05) is 37.2 Å². The van der Waals surface area contributed by atoms with E-state index in [1.807, 2.05) is 35.4 Å². The van der Waals surface area contributed by atoms with Crippen LogP contribution in [-0.4, -0.2) is 70.9 Å². The molecule has 1 aliphatic heterocycles. The summed E-state index contributed by atoms with van der Waals surface area (Å²) in [5, 5.41) is 3.50. The number of methoxy groups -OCH3 is 1. The number of nitrogens with zero attached hydrogens (tertiary/aromatic N) is 4. The quantitative estimate of drug-likeness (QED) is 0.322. The van der Waals surface area contributed by atoms with Gasteiger partial charge in [-0.05, 0) is 56.3 Å². The minimum atomic E-state index is -0.667. The highest BCUT2D eigenvalue weighted by Crippen LogP contribution is 2.30. The highest BCUT2D eigenvalue weighted by Gasteiger charge is 2.31. The Bertz CT molecular complexity index is 1490. The van der Waals surface area contributed by atoms with Crippen molar-refractivity contribution in [3.8, 4) is 22.8 Å². The number of hydrogen-bond acceptors (Lipinski definition) is 8. The van der Waals surface area contributed by atoms with E-state index in [4.69, 9.17) is 19.2 Å². The Labute approximate surface area is 232 Å². The molecule has 40 heavy (non-hydrogen) atoms. The van der Waals surface area contributed by atoms with E-state index in [-0.39, 0.29) is 24.8 Å². The first kappa shape index (κ1) is 26.8. The molecule has 2 atom stereocenters. The van der Waals surface area contributed by atoms with Gasteiger partial charge in [0.05, 0.1) is 24.7 Å². The first-order valence-electron chi connectivity index (χ1n) is 13.0. The summed E-state index contributed by atoms with van der Waals surface area (Å²) in [6.45, 7) is 6.89. The number of amides is 2. The van der Waals surface area contributed by atoms with Crippen LogP contribution in [0, 0.1) is 0 Å². The van der Waals surface area contributed by atoms with Crippen LogP contribution in [0.5, 0.6) is 11.5 Å². The van der Waals surface area contributed by atoms with E-state index in [2.05, 4.69) is 34.0 Å². The minimum absolute atomic E-state index is 0.0824. The monoisotopic (exact) mass is 544 g/mol. The minimum Gasteiger partial charge on any atom is -0.497 e. The zero-order valence-electron chi connectivity index (χ0n) is 22.9. The number of nitrogens with one attached hydrogen (secondary N) is 2. The van der Waals surface area contributed by atoms with E-state index in [0.717, 1.165) is 22.5 Å². The van der Waals surface area contributed by atoms with Gasteiger partial charge in [0.15, 0.2) is 0 Å². The van der Waals surface area contributed by atoms with Crippen LogP contribution in [0.15, 0.2) is 60.9 Å². The first-order chi connectivity index (χ1) is 19.3. The highest BCUT2D eigenvalue weighted by molar-refractivity contribution is 5.96. The molecule has 5 rings (SSSR count). The van der Waals surface area contributed by atoms with Crippen LogP contribution in [0.25, 0.3) is 22.3 Å². The van der Waals surface area contributed by atoms with Gasteiger partial charge in [0.25, 0.3) is 0 Å². The van der Waals surface area contributed by atoms with Crippen molar-refractivity contribution >= 4 is 34.5 Å². The molecule has 0 aliphatic carbocycles. The van der Waals surface area contributed by atoms with Gasteiger partial charge in [-0.15, -0.1) is 0 Å². The summed E-state index contributed by atoms with van der Waals surface area (Å²) >= 11 is 0. The van der Waals surface area contributed by atoms with Crippen molar-refractivity contribution in [3.63, 3.8) is 0 Å². The molecule has 4 heterocycles. The zero-order valence-corrected chi connectivity index (χ0v) is 22.9. The topological polar surface area (TPSA) is 122 Å². The molecule has 1 aliphatic rings. The molecular weight excluding hydrogens is 512 g/mol. The second kappa shape index (κ2) is 11.5. The molecule has 0 spiro atoms. The molecule has 0 saturated carbocycles. The number of aromatic nitrogens is 3. The fraction of sp³-hybridized carbons (Fsp3) is 0.310. The number of H-pyrrole nitrogens is 1. The number of carbonyl (C=O) groups excluding carboxylic acids is 2. The van der Waals surface area contributed by atoms with Crippen LogP contribution < -0.4 is 19.7 Å². The maximum absolute atomic E-state index is 12.4. The van der Waals surface area contributed by atoms with Crippen molar-refractivity contribution < 1.29 is 23.8 Å². The average Bonchev–Trinajstić information content (AvgIpc) is 3.36. The second-order valence-electron chi connectivity index (χ2n) is 9.73. The maximum atomic E-state index is 12.4. The van der Waals surface area contributed by atoms with Gasteiger partial charge >= 0.3 is 6.09 Å². The van der Waals surface area contributed by atoms with Crippen molar-refractivity contribution in [2.45, 2.75) is 32.9 Å². The van der Waals surface area contributed by atoms with Gasteiger partial charge in [-0.25, -0.2) is 14.8 Å². The third kappa shape index (κ3) is 5.78. The fourth-order valence-electron chi connectivity index (χ4n) is 5.14. The third-order valence-electron chi connectivity index (χ3n) is 6.87. The Balaban J connectivity index is 1.27. The number of fused-ring (bicyclic) bond motifs is 1. The number of ether oxygens (including phenoxy) is 3. The number of piperazine rings is 1. The molecule has 208 valence electrons. The molecule has 1 aromatic carbocycles. The fourth-order valence-corrected chi connectivity index (χ4v) is 5.14. The lowest BCUT2D eigenvalue weighted by Crippen LogP contribution is -2.58. The summed E-state index contributed by atoms with van der Waals surface area (Å²) in [4.78, 5) is 41.1. The van der Waals surface area contributed by atoms with E-state index in [0.29, 0.717) is 35.9 Å². The lowest BCUT2D eigenvalue weighted by molar-refractivity contribution is -0.133. The van der Waals surface area contributed by atoms with Crippen LogP contribution in [0.2, 0.25) is 0 Å². The molecular formula is C29H32N6O5. The number of rotatable bonds is 7. The van der Waals surface area contributed by atoms with Crippen molar-refractivity contribution in [3.05, 3.63) is 60.9 Å². The van der Waals surface area contributed by atoms with Gasteiger partial charge in [0.2, 0.25) is 12.7 Å². The largest absolute Gasteiger partial charge is 0.497 e. The molecule has 0 bridgehead atoms. The molecule has 2 N–H and O–H groups in total. The van der Waals surface area contributed by atoms with Crippen LogP contribution in [0.1, 0.15) is 20.8 Å². The zero-order chi connectivity index (χ0) is 28.2. The summed E-state index contributed by atoms with van der Waals surface area (Å²) in [6.07, 6.45) is 2.74. The molecule has 4 aromatic rings. The highest BCUT2D eigenvalue weighted by atomic mass is 16.7. The molecule has 11 nitrogen and oxygen atoms in total. The molecule has 11 heteroatoms. The van der Waals surface area contributed by atoms with Gasteiger partial charge in [-0.2, -0.15) is 0 Å². The second-order valence-corrected chi connectivity index (χ2v) is 9.73. The summed E-state index contributed by atoms with van der Waals surface area (Å²) in [5.74, 6) is 2.19. The molecule has 0 unspecified atom stereocenters. The first-order valence-corrected chi connectivity index (χ1v) is 13.0. The number of benzene rings is 1. The van der Waals surface area contributed by atoms with Gasteiger partial charge in [0.1, 0.15) is 23.0 Å².